The van der Waals surface area contributed by atoms with Crippen molar-refractivity contribution in [1.82, 2.24) is 24.1 Å². The molecule has 2 heterocycles. The maximum atomic E-state index is 13.1. The third-order valence-electron chi connectivity index (χ3n) is 5.97. The van der Waals surface area contributed by atoms with Gasteiger partial charge in [-0.25, -0.2) is 4.68 Å². The maximum Gasteiger partial charge on any atom is 0.295 e. The molecule has 1 unspecified atom stereocenters. The molecule has 0 aliphatic rings. The summed E-state index contributed by atoms with van der Waals surface area (Å²) in [4.78, 5) is 25.8. The van der Waals surface area contributed by atoms with Gasteiger partial charge < -0.3 is 14.6 Å². The van der Waals surface area contributed by atoms with Crippen molar-refractivity contribution in [2.45, 2.75) is 45.5 Å². The summed E-state index contributed by atoms with van der Waals surface area (Å²) in [6, 6.07) is 17.1. The number of nitrogens with zero attached hydrogens (tertiary/aromatic N) is 5. The number of aryl methyl sites for hydroxylation is 1. The Balaban J connectivity index is 1.45. The molecule has 0 spiro atoms. The molecule has 1 amide bonds. The number of hydrogen-bond donors (Lipinski definition) is 1. The van der Waals surface area contributed by atoms with E-state index in [0.29, 0.717) is 23.2 Å². The Bertz CT molecular complexity index is 1420. The van der Waals surface area contributed by atoms with Crippen LogP contribution in [0.4, 0.5) is 5.69 Å². The first kappa shape index (κ1) is 25.3. The highest BCUT2D eigenvalue weighted by molar-refractivity contribution is 7.99. The smallest absolute Gasteiger partial charge is 0.295 e. The van der Waals surface area contributed by atoms with E-state index >= 15 is 0 Å². The summed E-state index contributed by atoms with van der Waals surface area (Å²) in [5.41, 5.74) is 2.43. The molecule has 10 heteroatoms. The van der Waals surface area contributed by atoms with Crippen LogP contribution >= 0.6 is 11.8 Å². The van der Waals surface area contributed by atoms with E-state index in [9.17, 15) is 9.59 Å². The van der Waals surface area contributed by atoms with Crippen LogP contribution < -0.4 is 15.6 Å². The summed E-state index contributed by atoms with van der Waals surface area (Å²) in [6.07, 6.45) is -0.315. The SMILES string of the molecule is CCn1c(SCC(=O)Nc2c(C)n(C)n(-c3ccccc3)c2=O)nnc1C(C)Oc1ccccc1C. The van der Waals surface area contributed by atoms with Crippen molar-refractivity contribution in [3.63, 3.8) is 0 Å². The van der Waals surface area contributed by atoms with E-state index in [2.05, 4.69) is 15.5 Å². The Labute approximate surface area is 214 Å². The average Bonchev–Trinajstić information content (AvgIpc) is 3.38. The molecular formula is C26H30N6O3S. The number of thioether (sulfide) groups is 1. The second kappa shape index (κ2) is 10.9. The molecule has 1 N–H and O–H groups in total. The topological polar surface area (TPSA) is 96.0 Å². The standard InChI is InChI=1S/C26H30N6O3S/c1-6-31-24(19(4)35-21-15-11-10-12-17(21)2)28-29-26(31)36-16-22(33)27-23-18(3)30(5)32(25(23)34)20-13-8-7-9-14-20/h7-15,19H,6,16H2,1-5H3,(H,27,33). The Kier molecular flexibility index (Phi) is 7.64. The predicted octanol–water partition coefficient (Wildman–Crippen LogP) is 4.28. The van der Waals surface area contributed by atoms with Gasteiger partial charge in [0, 0.05) is 13.6 Å². The fourth-order valence-electron chi connectivity index (χ4n) is 3.95. The number of rotatable bonds is 9. The molecule has 36 heavy (non-hydrogen) atoms. The summed E-state index contributed by atoms with van der Waals surface area (Å²) >= 11 is 1.27. The lowest BCUT2D eigenvalue weighted by molar-refractivity contribution is -0.113. The zero-order valence-corrected chi connectivity index (χ0v) is 21.9. The van der Waals surface area contributed by atoms with E-state index in [1.165, 1.54) is 16.4 Å². The second-order valence-corrected chi connectivity index (χ2v) is 9.33. The van der Waals surface area contributed by atoms with Crippen molar-refractivity contribution in [3.05, 3.63) is 82.0 Å². The molecule has 2 aromatic carbocycles. The lowest BCUT2D eigenvalue weighted by Gasteiger charge is -2.16. The number of hydrogen-bond acceptors (Lipinski definition) is 6. The Morgan fingerprint density at radius 2 is 1.78 bits per heavy atom. The molecule has 0 aliphatic carbocycles. The summed E-state index contributed by atoms with van der Waals surface area (Å²) < 4.78 is 11.3. The van der Waals surface area contributed by atoms with Crippen LogP contribution in [0, 0.1) is 13.8 Å². The van der Waals surface area contributed by atoms with Crippen LogP contribution in [-0.2, 0) is 18.4 Å². The Morgan fingerprint density at radius 1 is 1.08 bits per heavy atom. The lowest BCUT2D eigenvalue weighted by atomic mass is 10.2. The van der Waals surface area contributed by atoms with Crippen molar-refractivity contribution in [1.29, 1.82) is 0 Å². The van der Waals surface area contributed by atoms with Gasteiger partial charge in [0.2, 0.25) is 5.91 Å². The fraction of sp³-hybridized carbons (Fsp3) is 0.308. The summed E-state index contributed by atoms with van der Waals surface area (Å²) in [7, 11) is 1.79. The predicted molar refractivity (Wildman–Crippen MR) is 141 cm³/mol. The summed E-state index contributed by atoms with van der Waals surface area (Å²) in [6.45, 7) is 8.36. The Morgan fingerprint density at radius 3 is 2.47 bits per heavy atom. The van der Waals surface area contributed by atoms with Crippen LogP contribution in [0.15, 0.2) is 64.5 Å². The highest BCUT2D eigenvalue weighted by Gasteiger charge is 2.21. The molecule has 0 saturated carbocycles. The van der Waals surface area contributed by atoms with E-state index in [1.807, 2.05) is 79.9 Å². The van der Waals surface area contributed by atoms with E-state index in [1.54, 1.807) is 18.7 Å². The van der Waals surface area contributed by atoms with Gasteiger partial charge in [-0.05, 0) is 51.5 Å². The lowest BCUT2D eigenvalue weighted by Crippen LogP contribution is -2.23. The number of carbonyl (C=O) groups excluding carboxylic acids is 1. The van der Waals surface area contributed by atoms with Crippen LogP contribution in [0.2, 0.25) is 0 Å². The normalized spacial score (nSPS) is 11.9. The van der Waals surface area contributed by atoms with Gasteiger partial charge in [-0.3, -0.25) is 14.3 Å². The number of anilines is 1. The first-order valence-electron chi connectivity index (χ1n) is 11.7. The van der Waals surface area contributed by atoms with E-state index in [4.69, 9.17) is 4.74 Å². The third-order valence-corrected chi connectivity index (χ3v) is 6.94. The molecule has 1 atom stereocenters. The number of amides is 1. The summed E-state index contributed by atoms with van der Waals surface area (Å²) in [5.74, 6) is 1.28. The minimum atomic E-state index is -0.315. The highest BCUT2D eigenvalue weighted by Crippen LogP contribution is 2.26. The summed E-state index contributed by atoms with van der Waals surface area (Å²) in [5, 5.41) is 12.0. The van der Waals surface area contributed by atoms with Gasteiger partial charge in [-0.15, -0.1) is 10.2 Å². The van der Waals surface area contributed by atoms with Crippen molar-refractivity contribution in [3.8, 4) is 11.4 Å². The molecule has 0 saturated heterocycles. The van der Waals surface area contributed by atoms with Crippen LogP contribution in [-0.4, -0.2) is 35.8 Å². The number of para-hydroxylation sites is 2. The van der Waals surface area contributed by atoms with E-state index in [-0.39, 0.29) is 29.0 Å². The van der Waals surface area contributed by atoms with Gasteiger partial charge in [0.05, 0.1) is 17.1 Å². The number of ether oxygens (including phenoxy) is 1. The molecule has 2 aromatic heterocycles. The van der Waals surface area contributed by atoms with Crippen molar-refractivity contribution >= 4 is 23.4 Å². The molecule has 188 valence electrons. The molecule has 4 aromatic rings. The average molecular weight is 507 g/mol. The second-order valence-electron chi connectivity index (χ2n) is 8.38. The van der Waals surface area contributed by atoms with Crippen molar-refractivity contribution in [2.24, 2.45) is 7.05 Å². The number of carbonyl (C=O) groups is 1. The quantitative estimate of drug-likeness (QED) is 0.341. The first-order valence-corrected chi connectivity index (χ1v) is 12.7. The van der Waals surface area contributed by atoms with Crippen molar-refractivity contribution < 1.29 is 9.53 Å². The van der Waals surface area contributed by atoms with Crippen LogP contribution in [0.25, 0.3) is 5.69 Å². The molecule has 9 nitrogen and oxygen atoms in total. The van der Waals surface area contributed by atoms with Gasteiger partial charge in [0.25, 0.3) is 5.56 Å². The molecule has 0 aliphatic heterocycles. The molecule has 0 fully saturated rings. The van der Waals surface area contributed by atoms with Gasteiger partial charge in [-0.2, -0.15) is 0 Å². The number of benzene rings is 2. The Hall–Kier alpha value is -3.79. The van der Waals surface area contributed by atoms with Gasteiger partial charge >= 0.3 is 0 Å². The zero-order valence-electron chi connectivity index (χ0n) is 21.1. The molecule has 0 radical (unpaired) electrons. The minimum Gasteiger partial charge on any atom is -0.482 e. The van der Waals surface area contributed by atoms with E-state index < -0.39 is 0 Å². The monoisotopic (exact) mass is 506 g/mol. The molecular weight excluding hydrogens is 476 g/mol. The van der Waals surface area contributed by atoms with E-state index in [0.717, 1.165) is 17.0 Å². The van der Waals surface area contributed by atoms with Crippen LogP contribution in [0.5, 0.6) is 5.75 Å². The maximum absolute atomic E-state index is 13.1. The third kappa shape index (κ3) is 5.08. The van der Waals surface area contributed by atoms with Crippen LogP contribution in [0.3, 0.4) is 0 Å². The minimum absolute atomic E-state index is 0.0876. The van der Waals surface area contributed by atoms with Gasteiger partial charge in [0.1, 0.15) is 11.4 Å². The van der Waals surface area contributed by atoms with Gasteiger partial charge in [-0.1, -0.05) is 48.2 Å². The fourth-order valence-corrected chi connectivity index (χ4v) is 4.76. The van der Waals surface area contributed by atoms with Crippen LogP contribution in [0.1, 0.15) is 37.0 Å². The highest BCUT2D eigenvalue weighted by atomic mass is 32.2. The van der Waals surface area contributed by atoms with Crippen molar-refractivity contribution in [2.75, 3.05) is 11.1 Å². The van der Waals surface area contributed by atoms with Gasteiger partial charge in [0.15, 0.2) is 17.1 Å². The largest absolute Gasteiger partial charge is 0.482 e. The zero-order chi connectivity index (χ0) is 25.8. The number of aromatic nitrogens is 5. The molecule has 4 rings (SSSR count). The first-order chi connectivity index (χ1) is 17.3. The molecule has 0 bridgehead atoms. The number of nitrogens with one attached hydrogen (secondary N) is 1.